The molecule has 8 aliphatic carbocycles. The van der Waals surface area contributed by atoms with Crippen LogP contribution >= 0.6 is 22.7 Å². The lowest BCUT2D eigenvalue weighted by molar-refractivity contribution is 1.53. The summed E-state index contributed by atoms with van der Waals surface area (Å²) in [6.07, 6.45) is 0. The molecule has 10 rings (SSSR count). The summed E-state index contributed by atoms with van der Waals surface area (Å²) >= 11 is 3.86. The largest absolute Gasteiger partial charge is 0.134 e. The molecular weight excluding hydrogens is 689 g/mol. The van der Waals surface area contributed by atoms with Crippen molar-refractivity contribution in [2.24, 2.45) is 0 Å². The zero-order valence-electron chi connectivity index (χ0n) is 30.8. The Morgan fingerprint density at radius 1 is 0.296 bits per heavy atom. The van der Waals surface area contributed by atoms with E-state index in [0.29, 0.717) is 0 Å². The Kier molecular flexibility index (Phi) is 7.87. The fourth-order valence-corrected chi connectivity index (χ4v) is 11.3. The van der Waals surface area contributed by atoms with Crippen molar-refractivity contribution in [3.63, 3.8) is 0 Å². The first-order chi connectivity index (χ1) is 26.4. The number of rotatable bonds is 4. The van der Waals surface area contributed by atoms with Gasteiger partial charge >= 0.3 is 0 Å². The maximum absolute atomic E-state index is 2.47. The molecule has 0 saturated heterocycles. The monoisotopic (exact) mass is 726 g/mol. The van der Waals surface area contributed by atoms with Crippen LogP contribution < -0.4 is 9.06 Å². The molecule has 0 unspecified atom stereocenters. The summed E-state index contributed by atoms with van der Waals surface area (Å²) in [5.74, 6) is 0. The van der Waals surface area contributed by atoms with Crippen LogP contribution in [0.4, 0.5) is 0 Å². The van der Waals surface area contributed by atoms with E-state index in [-0.39, 0.29) is 0 Å². The van der Waals surface area contributed by atoms with Crippen molar-refractivity contribution in [3.05, 3.63) is 211 Å². The highest BCUT2D eigenvalue weighted by molar-refractivity contribution is 7.26. The van der Waals surface area contributed by atoms with Gasteiger partial charge in [-0.2, -0.15) is 0 Å². The van der Waals surface area contributed by atoms with Gasteiger partial charge in [0.05, 0.1) is 0 Å². The lowest BCUT2D eigenvalue weighted by atomic mass is 9.94. The highest BCUT2D eigenvalue weighted by Crippen LogP contribution is 2.45. The molecule has 54 heavy (non-hydrogen) atoms. The molecule has 0 saturated carbocycles. The average Bonchev–Trinajstić information content (AvgIpc) is 3.79. The van der Waals surface area contributed by atoms with Crippen molar-refractivity contribution >= 4 is 43.2 Å². The molecule has 0 atom stereocenters. The fourth-order valence-electron chi connectivity index (χ4n) is 8.72. The Labute approximate surface area is 325 Å². The van der Waals surface area contributed by atoms with Gasteiger partial charge in [-0.25, -0.2) is 0 Å². The summed E-state index contributed by atoms with van der Waals surface area (Å²) in [6, 6.07) is 58.7. The quantitative estimate of drug-likeness (QED) is 0.169. The molecule has 2 aromatic heterocycles. The molecule has 0 N–H and O–H groups in total. The van der Waals surface area contributed by atoms with E-state index in [0.717, 1.165) is 0 Å². The SMILES string of the molecule is Cc1cc(C(c2cc(C)c3cccccc2-3)=c2cc3sc(=C(c4cc(C)c5cccccc4-5)c4cc(C)c5cccccc4-5)cc3s2)c2cccccc1-2. The molecular formula is C52H38S2. The van der Waals surface area contributed by atoms with Crippen LogP contribution in [0, 0.1) is 27.7 Å². The van der Waals surface area contributed by atoms with Crippen molar-refractivity contribution < 1.29 is 0 Å². The number of hydrogen-bond donors (Lipinski definition) is 0. The number of hydrogen-bond acceptors (Lipinski definition) is 2. The van der Waals surface area contributed by atoms with E-state index in [4.69, 9.17) is 0 Å². The smallest absolute Gasteiger partial charge is 0.0463 e. The van der Waals surface area contributed by atoms with Gasteiger partial charge < -0.3 is 0 Å². The summed E-state index contributed by atoms with van der Waals surface area (Å²) in [7, 11) is 0. The van der Waals surface area contributed by atoms with Gasteiger partial charge in [0.15, 0.2) is 0 Å². The number of fused-ring (bicyclic) bond motifs is 5. The van der Waals surface area contributed by atoms with Gasteiger partial charge in [0.25, 0.3) is 0 Å². The standard InChI is InChI=1S/C52H38S2/c1-31-25-43(39-21-13-5-9-17-35(31)39)51(44-26-32(2)36-18-10-6-14-22-40(36)44)49-29-47-48(53-49)30-50(54-47)52(45-27-33(3)37-19-11-7-15-23-41(37)45)46-28-34(4)38-20-12-8-16-24-42(38)46/h5-30H,1-4H3. The first-order valence-electron chi connectivity index (χ1n) is 18.7. The lowest BCUT2D eigenvalue weighted by Gasteiger charge is -2.10. The molecule has 0 spiro atoms. The first kappa shape index (κ1) is 32.8. The third kappa shape index (κ3) is 5.24. The predicted octanol–water partition coefficient (Wildman–Crippen LogP) is 13.1. The van der Waals surface area contributed by atoms with E-state index in [2.05, 4.69) is 185 Å². The topological polar surface area (TPSA) is 0 Å². The minimum absolute atomic E-state index is 1.30. The Hall–Kier alpha value is -5.80. The molecule has 258 valence electrons. The van der Waals surface area contributed by atoms with Crippen molar-refractivity contribution in [3.8, 4) is 44.5 Å². The highest BCUT2D eigenvalue weighted by atomic mass is 32.1. The Morgan fingerprint density at radius 2 is 0.537 bits per heavy atom. The normalized spacial score (nSPS) is 11.7. The maximum atomic E-state index is 2.47. The van der Waals surface area contributed by atoms with E-state index in [1.165, 1.54) is 119 Å². The molecule has 0 aromatic carbocycles. The molecule has 8 aliphatic rings. The minimum Gasteiger partial charge on any atom is -0.134 e. The summed E-state index contributed by atoms with van der Waals surface area (Å²) in [5.41, 5.74) is 23.5. The molecule has 0 amide bonds. The average molecular weight is 727 g/mol. The van der Waals surface area contributed by atoms with E-state index in [1.54, 1.807) is 0 Å². The van der Waals surface area contributed by atoms with Crippen LogP contribution in [-0.4, -0.2) is 0 Å². The second kappa shape index (κ2) is 13.0. The third-order valence-corrected chi connectivity index (χ3v) is 13.6. The zero-order valence-corrected chi connectivity index (χ0v) is 32.5. The molecule has 0 radical (unpaired) electrons. The molecule has 2 aromatic rings. The maximum Gasteiger partial charge on any atom is 0.0463 e. The number of thiophene rings is 2. The Morgan fingerprint density at radius 3 is 0.796 bits per heavy atom. The van der Waals surface area contributed by atoms with E-state index >= 15 is 0 Å². The highest BCUT2D eigenvalue weighted by Gasteiger charge is 2.25. The van der Waals surface area contributed by atoms with Gasteiger partial charge in [-0.1, -0.05) is 146 Å². The van der Waals surface area contributed by atoms with Crippen molar-refractivity contribution in [2.75, 3.05) is 0 Å². The Bertz CT molecular complexity index is 2640. The molecule has 2 heteroatoms. The summed E-state index contributed by atoms with van der Waals surface area (Å²) < 4.78 is 5.27. The van der Waals surface area contributed by atoms with Gasteiger partial charge in [-0.3, -0.25) is 0 Å². The van der Waals surface area contributed by atoms with Gasteiger partial charge in [0.1, 0.15) is 0 Å². The van der Waals surface area contributed by atoms with Gasteiger partial charge in [0, 0.05) is 29.6 Å². The van der Waals surface area contributed by atoms with Crippen molar-refractivity contribution in [1.29, 1.82) is 0 Å². The third-order valence-electron chi connectivity index (χ3n) is 11.2. The predicted molar refractivity (Wildman–Crippen MR) is 233 cm³/mol. The van der Waals surface area contributed by atoms with Gasteiger partial charge in [0.2, 0.25) is 0 Å². The lowest BCUT2D eigenvalue weighted by Crippen LogP contribution is -2.04. The van der Waals surface area contributed by atoms with Crippen LogP contribution in [0.15, 0.2) is 158 Å². The first-order valence-corrected chi connectivity index (χ1v) is 20.3. The van der Waals surface area contributed by atoms with E-state index in [1.807, 2.05) is 22.7 Å². The fraction of sp³-hybridized carbons (Fsp3) is 0.0769. The van der Waals surface area contributed by atoms with E-state index in [9.17, 15) is 0 Å². The van der Waals surface area contributed by atoms with Crippen LogP contribution in [0.1, 0.15) is 44.5 Å². The van der Waals surface area contributed by atoms with Crippen LogP contribution in [-0.2, 0) is 0 Å². The zero-order chi connectivity index (χ0) is 36.5. The number of aryl methyl sites for hydroxylation is 4. The van der Waals surface area contributed by atoms with Crippen LogP contribution in [0.3, 0.4) is 0 Å². The van der Waals surface area contributed by atoms with Crippen LogP contribution in [0.5, 0.6) is 0 Å². The van der Waals surface area contributed by atoms with Crippen molar-refractivity contribution in [1.82, 2.24) is 0 Å². The second-order valence-corrected chi connectivity index (χ2v) is 16.8. The van der Waals surface area contributed by atoms with Gasteiger partial charge in [-0.15, -0.1) is 22.7 Å². The second-order valence-electron chi connectivity index (χ2n) is 14.6. The Balaban J connectivity index is 1.29. The van der Waals surface area contributed by atoms with E-state index < -0.39 is 0 Å². The summed E-state index contributed by atoms with van der Waals surface area (Å²) in [5, 5.41) is 0. The molecule has 0 fully saturated rings. The molecule has 2 heterocycles. The molecule has 0 bridgehead atoms. The molecule has 0 aliphatic heterocycles. The van der Waals surface area contributed by atoms with Gasteiger partial charge in [-0.05, 0) is 129 Å². The molecule has 0 nitrogen and oxygen atoms in total. The summed E-state index contributed by atoms with van der Waals surface area (Å²) in [6.45, 7) is 8.99. The minimum atomic E-state index is 1.30. The summed E-state index contributed by atoms with van der Waals surface area (Å²) in [4.78, 5) is 0. The van der Waals surface area contributed by atoms with Crippen LogP contribution in [0.2, 0.25) is 0 Å². The van der Waals surface area contributed by atoms with Crippen LogP contribution in [0.25, 0.3) is 65.1 Å². The van der Waals surface area contributed by atoms with Crippen molar-refractivity contribution in [2.45, 2.75) is 27.7 Å².